The number of anilines is 2. The number of benzene rings is 2. The molecule has 1 saturated heterocycles. The van der Waals surface area contributed by atoms with E-state index in [0.29, 0.717) is 0 Å². The van der Waals surface area contributed by atoms with Crippen molar-refractivity contribution in [3.8, 4) is 0 Å². The van der Waals surface area contributed by atoms with E-state index in [-0.39, 0.29) is 18.2 Å². The first-order valence-electron chi connectivity index (χ1n) is 7.39. The molecule has 0 unspecified atom stereocenters. The van der Waals surface area contributed by atoms with Gasteiger partial charge in [-0.25, -0.2) is 0 Å². The highest BCUT2D eigenvalue weighted by Gasteiger charge is 2.35. The van der Waals surface area contributed by atoms with Crippen molar-refractivity contribution in [2.75, 3.05) is 10.2 Å². The highest BCUT2D eigenvalue weighted by Crippen LogP contribution is 2.44. The molecule has 0 atom stereocenters. The van der Waals surface area contributed by atoms with Gasteiger partial charge < -0.3 is 5.32 Å². The number of nitrogens with one attached hydrogen (secondary N) is 2. The van der Waals surface area contributed by atoms with Crippen LogP contribution in [0.3, 0.4) is 0 Å². The molecule has 2 aromatic rings. The van der Waals surface area contributed by atoms with Crippen LogP contribution in [0.2, 0.25) is 0 Å². The summed E-state index contributed by atoms with van der Waals surface area (Å²) >= 11 is 1.59. The van der Waals surface area contributed by atoms with Crippen molar-refractivity contribution in [1.29, 1.82) is 5.41 Å². The summed E-state index contributed by atoms with van der Waals surface area (Å²) in [4.78, 5) is 15.0. The van der Waals surface area contributed by atoms with Crippen LogP contribution in [0.1, 0.15) is 12.0 Å². The zero-order valence-corrected chi connectivity index (χ0v) is 13.4. The molecule has 4 nitrogen and oxygen atoms in total. The van der Waals surface area contributed by atoms with Crippen LogP contribution < -0.4 is 10.2 Å². The Morgan fingerprint density at radius 2 is 1.87 bits per heavy atom. The number of aryl methyl sites for hydroxylation is 1. The number of hydrogen-bond donors (Lipinski definition) is 2. The Morgan fingerprint density at radius 3 is 2.61 bits per heavy atom. The van der Waals surface area contributed by atoms with E-state index in [1.165, 1.54) is 4.90 Å². The van der Waals surface area contributed by atoms with E-state index in [1.54, 1.807) is 11.8 Å². The molecule has 0 bridgehead atoms. The number of carbonyl (C=O) groups excluding carboxylic acids is 1. The normalized spacial score (nSPS) is 20.0. The van der Waals surface area contributed by atoms with Crippen LogP contribution in [-0.2, 0) is 4.79 Å². The summed E-state index contributed by atoms with van der Waals surface area (Å²) in [5.41, 5.74) is 3.68. The standard InChI is InChI=1S/C18H15N3OS/c1-11-6-8-12(9-7-11)21-16(22)10-13(17(21)19)18-20-14-4-2-3-5-15(14)23-18/h2-9,19-20H,10H2,1H3. The van der Waals surface area contributed by atoms with Gasteiger partial charge in [-0.1, -0.05) is 41.6 Å². The van der Waals surface area contributed by atoms with Crippen molar-refractivity contribution in [2.45, 2.75) is 18.2 Å². The predicted octanol–water partition coefficient (Wildman–Crippen LogP) is 4.14. The molecule has 2 aromatic carbocycles. The maximum atomic E-state index is 12.4. The fraction of sp³-hybridized carbons (Fsp3) is 0.111. The zero-order valence-electron chi connectivity index (χ0n) is 12.6. The molecule has 1 fully saturated rings. The lowest BCUT2D eigenvalue weighted by Crippen LogP contribution is -2.28. The van der Waals surface area contributed by atoms with Gasteiger partial charge in [0, 0.05) is 10.5 Å². The van der Waals surface area contributed by atoms with Crippen LogP contribution in [0.4, 0.5) is 11.4 Å². The van der Waals surface area contributed by atoms with E-state index in [1.807, 2.05) is 55.5 Å². The van der Waals surface area contributed by atoms with Gasteiger partial charge in [-0.3, -0.25) is 15.1 Å². The first-order valence-corrected chi connectivity index (χ1v) is 8.21. The number of hydrogen-bond acceptors (Lipinski definition) is 4. The fourth-order valence-corrected chi connectivity index (χ4v) is 3.83. The van der Waals surface area contributed by atoms with Gasteiger partial charge in [-0.05, 0) is 31.2 Å². The van der Waals surface area contributed by atoms with Crippen LogP contribution in [0.15, 0.2) is 64.0 Å². The van der Waals surface area contributed by atoms with Crippen molar-refractivity contribution in [1.82, 2.24) is 0 Å². The molecule has 0 radical (unpaired) electrons. The molecule has 2 aliphatic heterocycles. The minimum atomic E-state index is -0.0558. The topological polar surface area (TPSA) is 56.2 Å². The summed E-state index contributed by atoms with van der Waals surface area (Å²) < 4.78 is 0. The lowest BCUT2D eigenvalue weighted by Gasteiger charge is -2.16. The van der Waals surface area contributed by atoms with Gasteiger partial charge in [0.1, 0.15) is 5.84 Å². The molecule has 2 heterocycles. The zero-order chi connectivity index (χ0) is 16.0. The minimum absolute atomic E-state index is 0.0558. The van der Waals surface area contributed by atoms with E-state index >= 15 is 0 Å². The molecule has 4 rings (SSSR count). The summed E-state index contributed by atoms with van der Waals surface area (Å²) in [7, 11) is 0. The smallest absolute Gasteiger partial charge is 0.237 e. The number of rotatable bonds is 1. The van der Waals surface area contributed by atoms with Crippen LogP contribution in [0, 0.1) is 12.3 Å². The summed E-state index contributed by atoms with van der Waals surface area (Å²) in [5.74, 6) is 0.210. The third kappa shape index (κ3) is 2.33. The quantitative estimate of drug-likeness (QED) is 0.830. The SMILES string of the molecule is Cc1ccc(N2C(=N)C(=C3Nc4ccccc4S3)CC2=O)cc1. The highest BCUT2D eigenvalue weighted by molar-refractivity contribution is 8.03. The van der Waals surface area contributed by atoms with Crippen molar-refractivity contribution in [3.05, 3.63) is 64.7 Å². The average Bonchev–Trinajstić information content (AvgIpc) is 3.09. The van der Waals surface area contributed by atoms with E-state index in [2.05, 4.69) is 5.32 Å². The summed E-state index contributed by atoms with van der Waals surface area (Å²) in [6.07, 6.45) is 0.260. The predicted molar refractivity (Wildman–Crippen MR) is 94.0 cm³/mol. The van der Waals surface area contributed by atoms with Gasteiger partial charge in [0.15, 0.2) is 0 Å². The third-order valence-corrected chi connectivity index (χ3v) is 5.13. The molecule has 114 valence electrons. The molecule has 23 heavy (non-hydrogen) atoms. The summed E-state index contributed by atoms with van der Waals surface area (Å²) in [6.45, 7) is 2.00. The second-order valence-electron chi connectivity index (χ2n) is 5.62. The first kappa shape index (κ1) is 14.1. The average molecular weight is 321 g/mol. The highest BCUT2D eigenvalue weighted by atomic mass is 32.2. The maximum absolute atomic E-state index is 12.4. The molecular weight excluding hydrogens is 306 g/mol. The molecule has 1 amide bonds. The van der Waals surface area contributed by atoms with Crippen LogP contribution in [0.25, 0.3) is 0 Å². The van der Waals surface area contributed by atoms with Crippen molar-refractivity contribution in [3.63, 3.8) is 0 Å². The van der Waals surface area contributed by atoms with Gasteiger partial charge in [0.05, 0.1) is 22.8 Å². The molecule has 2 aliphatic rings. The lowest BCUT2D eigenvalue weighted by atomic mass is 10.2. The number of thioether (sulfide) groups is 1. The van der Waals surface area contributed by atoms with E-state index in [0.717, 1.165) is 32.4 Å². The van der Waals surface area contributed by atoms with E-state index in [4.69, 9.17) is 5.41 Å². The molecule has 0 saturated carbocycles. The van der Waals surface area contributed by atoms with Crippen molar-refractivity contribution >= 4 is 34.9 Å². The Bertz CT molecular complexity index is 828. The Hall–Kier alpha value is -2.53. The monoisotopic (exact) mass is 321 g/mol. The second-order valence-corrected chi connectivity index (χ2v) is 6.67. The number of amidine groups is 1. The Morgan fingerprint density at radius 1 is 1.13 bits per heavy atom. The molecular formula is C18H15N3OS. The number of carbonyl (C=O) groups is 1. The van der Waals surface area contributed by atoms with Crippen molar-refractivity contribution in [2.24, 2.45) is 0 Å². The second kappa shape index (κ2) is 5.28. The Labute approximate surface area is 138 Å². The molecule has 0 aromatic heterocycles. The molecule has 0 spiro atoms. The fourth-order valence-electron chi connectivity index (χ4n) is 2.78. The molecule has 5 heteroatoms. The van der Waals surface area contributed by atoms with Gasteiger partial charge in [0.2, 0.25) is 5.91 Å². The van der Waals surface area contributed by atoms with Gasteiger partial charge in [-0.2, -0.15) is 0 Å². The third-order valence-electron chi connectivity index (χ3n) is 4.00. The molecule has 0 aliphatic carbocycles. The van der Waals surface area contributed by atoms with Crippen LogP contribution >= 0.6 is 11.8 Å². The van der Waals surface area contributed by atoms with Gasteiger partial charge in [-0.15, -0.1) is 0 Å². The van der Waals surface area contributed by atoms with Gasteiger partial charge >= 0.3 is 0 Å². The van der Waals surface area contributed by atoms with Crippen molar-refractivity contribution < 1.29 is 4.79 Å². The Kier molecular flexibility index (Phi) is 3.23. The van der Waals surface area contributed by atoms with Gasteiger partial charge in [0.25, 0.3) is 0 Å². The number of para-hydroxylation sites is 1. The Balaban J connectivity index is 1.69. The van der Waals surface area contributed by atoms with E-state index in [9.17, 15) is 4.79 Å². The lowest BCUT2D eigenvalue weighted by molar-refractivity contribution is -0.116. The number of nitrogens with zero attached hydrogens (tertiary/aromatic N) is 1. The first-order chi connectivity index (χ1) is 11.1. The van der Waals surface area contributed by atoms with Crippen LogP contribution in [0.5, 0.6) is 0 Å². The maximum Gasteiger partial charge on any atom is 0.237 e. The summed E-state index contributed by atoms with van der Waals surface area (Å²) in [5, 5.41) is 12.7. The van der Waals surface area contributed by atoms with E-state index < -0.39 is 0 Å². The molecule has 2 N–H and O–H groups in total. The summed E-state index contributed by atoms with van der Waals surface area (Å²) in [6, 6.07) is 15.7. The van der Waals surface area contributed by atoms with Crippen LogP contribution in [-0.4, -0.2) is 11.7 Å². The number of amides is 1. The minimum Gasteiger partial charge on any atom is -0.349 e. The largest absolute Gasteiger partial charge is 0.349 e. The number of fused-ring (bicyclic) bond motifs is 1.